The fourth-order valence-corrected chi connectivity index (χ4v) is 0.283. The van der Waals surface area contributed by atoms with E-state index in [2.05, 4.69) is 10.7 Å². The smallest absolute Gasteiger partial charge is 0.303 e. The van der Waals surface area contributed by atoms with Crippen molar-refractivity contribution < 1.29 is 9.53 Å². The Morgan fingerprint density at radius 3 is 2.50 bits per heavy atom. The molecular formula is C6H8O2. The summed E-state index contributed by atoms with van der Waals surface area (Å²) in [6.45, 7) is 2.97. The van der Waals surface area contributed by atoms with Gasteiger partial charge in [-0.1, -0.05) is 5.92 Å². The number of esters is 1. The van der Waals surface area contributed by atoms with Gasteiger partial charge in [0.25, 0.3) is 0 Å². The van der Waals surface area contributed by atoms with Gasteiger partial charge in [-0.25, -0.2) is 0 Å². The topological polar surface area (TPSA) is 26.3 Å². The van der Waals surface area contributed by atoms with Gasteiger partial charge in [0.2, 0.25) is 0 Å². The molecule has 0 aliphatic heterocycles. The van der Waals surface area contributed by atoms with E-state index < -0.39 is 6.10 Å². The molecule has 0 radical (unpaired) electrons. The van der Waals surface area contributed by atoms with Crippen LogP contribution in [0.15, 0.2) is 0 Å². The number of rotatable bonds is 1. The van der Waals surface area contributed by atoms with Crippen LogP contribution >= 0.6 is 0 Å². The number of hydrogen-bond acceptors (Lipinski definition) is 2. The Labute approximate surface area is 48.8 Å². The van der Waals surface area contributed by atoms with Gasteiger partial charge in [-0.2, -0.15) is 0 Å². The molecule has 44 valence electrons. The summed E-state index contributed by atoms with van der Waals surface area (Å²) in [7, 11) is 0. The molecule has 0 aliphatic rings. The van der Waals surface area contributed by atoms with Crippen molar-refractivity contribution in [3.05, 3.63) is 0 Å². The third-order valence-corrected chi connectivity index (χ3v) is 0.577. The highest BCUT2D eigenvalue weighted by Gasteiger charge is 1.96. The summed E-state index contributed by atoms with van der Waals surface area (Å²) in [4.78, 5) is 10.1. The van der Waals surface area contributed by atoms with Crippen molar-refractivity contribution in [1.29, 1.82) is 0 Å². The third-order valence-electron chi connectivity index (χ3n) is 0.577. The van der Waals surface area contributed by atoms with E-state index in [0.717, 1.165) is 0 Å². The lowest BCUT2D eigenvalue weighted by Crippen LogP contribution is -2.08. The molecule has 0 aromatic carbocycles. The van der Waals surface area contributed by atoms with Crippen LogP contribution in [0.4, 0.5) is 0 Å². The SMILES string of the molecule is C#C[C@H](C)OC(C)=O. The molecule has 0 spiro atoms. The summed E-state index contributed by atoms with van der Waals surface area (Å²) in [6, 6.07) is 0. The molecule has 0 bridgehead atoms. The number of carbonyl (C=O) groups excluding carboxylic acids is 1. The predicted octanol–water partition coefficient (Wildman–Crippen LogP) is 0.571. The van der Waals surface area contributed by atoms with Crippen LogP contribution in [0.25, 0.3) is 0 Å². The summed E-state index contributed by atoms with van der Waals surface area (Å²) in [5.74, 6) is 1.92. The van der Waals surface area contributed by atoms with Crippen LogP contribution in [0.5, 0.6) is 0 Å². The maximum absolute atomic E-state index is 10.1. The van der Waals surface area contributed by atoms with Crippen LogP contribution in [0.1, 0.15) is 13.8 Å². The molecule has 0 saturated heterocycles. The molecule has 0 aromatic rings. The average Bonchev–Trinajstić information content (AvgIpc) is 1.65. The second-order valence-corrected chi connectivity index (χ2v) is 1.42. The Kier molecular flexibility index (Phi) is 2.71. The average molecular weight is 112 g/mol. The zero-order valence-electron chi connectivity index (χ0n) is 4.97. The Morgan fingerprint density at radius 2 is 2.38 bits per heavy atom. The normalized spacial score (nSPS) is 11.6. The Bertz CT molecular complexity index is 121. The van der Waals surface area contributed by atoms with Gasteiger partial charge in [0.15, 0.2) is 6.10 Å². The van der Waals surface area contributed by atoms with Crippen LogP contribution in [0.3, 0.4) is 0 Å². The highest BCUT2D eigenvalue weighted by molar-refractivity contribution is 5.66. The molecule has 0 unspecified atom stereocenters. The Hall–Kier alpha value is -0.970. The van der Waals surface area contributed by atoms with Gasteiger partial charge in [0.1, 0.15) is 0 Å². The second kappa shape index (κ2) is 3.09. The quantitative estimate of drug-likeness (QED) is 0.366. The van der Waals surface area contributed by atoms with Crippen molar-refractivity contribution >= 4 is 5.97 Å². The van der Waals surface area contributed by atoms with E-state index in [9.17, 15) is 4.79 Å². The summed E-state index contributed by atoms with van der Waals surface area (Å²) in [5, 5.41) is 0. The van der Waals surface area contributed by atoms with Crippen molar-refractivity contribution in [3.8, 4) is 12.3 Å². The second-order valence-electron chi connectivity index (χ2n) is 1.42. The van der Waals surface area contributed by atoms with Crippen LogP contribution in [-0.4, -0.2) is 12.1 Å². The molecule has 0 saturated carbocycles. The standard InChI is InChI=1S/C6H8O2/c1-4-5(2)8-6(3)7/h1,5H,2-3H3/t5-/m0/s1. The van der Waals surface area contributed by atoms with Crippen LogP contribution in [0.2, 0.25) is 0 Å². The number of carbonyl (C=O) groups is 1. The zero-order chi connectivity index (χ0) is 6.57. The van der Waals surface area contributed by atoms with Gasteiger partial charge in [0, 0.05) is 6.92 Å². The van der Waals surface area contributed by atoms with Crippen LogP contribution in [0, 0.1) is 12.3 Å². The van der Waals surface area contributed by atoms with E-state index in [4.69, 9.17) is 6.42 Å². The fourth-order valence-electron chi connectivity index (χ4n) is 0.283. The Morgan fingerprint density at radius 1 is 1.88 bits per heavy atom. The first kappa shape index (κ1) is 7.03. The maximum atomic E-state index is 10.1. The van der Waals surface area contributed by atoms with Crippen molar-refractivity contribution in [3.63, 3.8) is 0 Å². The molecule has 8 heavy (non-hydrogen) atoms. The van der Waals surface area contributed by atoms with Gasteiger partial charge in [-0.3, -0.25) is 4.79 Å². The lowest BCUT2D eigenvalue weighted by molar-refractivity contribution is -0.143. The molecule has 0 aliphatic carbocycles. The zero-order valence-corrected chi connectivity index (χ0v) is 4.97. The highest BCUT2D eigenvalue weighted by atomic mass is 16.5. The summed E-state index contributed by atoms with van der Waals surface area (Å²) in [5.41, 5.74) is 0. The lowest BCUT2D eigenvalue weighted by atomic mass is 10.4. The number of hydrogen-bond donors (Lipinski definition) is 0. The van der Waals surface area contributed by atoms with E-state index >= 15 is 0 Å². The summed E-state index contributed by atoms with van der Waals surface area (Å²) < 4.78 is 4.52. The van der Waals surface area contributed by atoms with Gasteiger partial charge < -0.3 is 4.74 Å². The van der Waals surface area contributed by atoms with Gasteiger partial charge in [-0.05, 0) is 6.92 Å². The molecule has 0 heterocycles. The van der Waals surface area contributed by atoms with Crippen molar-refractivity contribution in [1.82, 2.24) is 0 Å². The molecule has 0 fully saturated rings. The fraction of sp³-hybridized carbons (Fsp3) is 0.500. The molecule has 0 aromatic heterocycles. The highest BCUT2D eigenvalue weighted by Crippen LogP contribution is 1.85. The van der Waals surface area contributed by atoms with Crippen molar-refractivity contribution in [2.45, 2.75) is 20.0 Å². The first-order valence-corrected chi connectivity index (χ1v) is 2.30. The molecule has 2 nitrogen and oxygen atoms in total. The Balaban J connectivity index is 3.43. The van der Waals surface area contributed by atoms with Gasteiger partial charge >= 0.3 is 5.97 Å². The number of terminal acetylenes is 1. The molecule has 0 N–H and O–H groups in total. The lowest BCUT2D eigenvalue weighted by Gasteiger charge is -2.01. The van der Waals surface area contributed by atoms with E-state index in [1.54, 1.807) is 6.92 Å². The predicted molar refractivity (Wildman–Crippen MR) is 30.1 cm³/mol. The summed E-state index contributed by atoms with van der Waals surface area (Å²) >= 11 is 0. The minimum atomic E-state index is -0.396. The van der Waals surface area contributed by atoms with E-state index in [1.165, 1.54) is 6.92 Å². The third kappa shape index (κ3) is 3.23. The van der Waals surface area contributed by atoms with Gasteiger partial charge in [0.05, 0.1) is 0 Å². The van der Waals surface area contributed by atoms with Gasteiger partial charge in [-0.15, -0.1) is 6.42 Å². The minimum absolute atomic E-state index is 0.338. The van der Waals surface area contributed by atoms with E-state index in [0.29, 0.717) is 0 Å². The molecular weight excluding hydrogens is 104 g/mol. The molecule has 0 amide bonds. The first-order valence-electron chi connectivity index (χ1n) is 2.30. The van der Waals surface area contributed by atoms with Crippen LogP contribution in [-0.2, 0) is 9.53 Å². The van der Waals surface area contributed by atoms with Crippen LogP contribution < -0.4 is 0 Å². The van der Waals surface area contributed by atoms with Crippen molar-refractivity contribution in [2.24, 2.45) is 0 Å². The molecule has 1 atom stereocenters. The largest absolute Gasteiger partial charge is 0.450 e. The van der Waals surface area contributed by atoms with E-state index in [1.807, 2.05) is 0 Å². The number of ether oxygens (including phenoxy) is 1. The van der Waals surface area contributed by atoms with Crippen molar-refractivity contribution in [2.75, 3.05) is 0 Å². The molecule has 2 heteroatoms. The monoisotopic (exact) mass is 112 g/mol. The molecule has 0 rings (SSSR count). The minimum Gasteiger partial charge on any atom is -0.450 e. The summed E-state index contributed by atoms with van der Waals surface area (Å²) in [6.07, 6.45) is 4.50. The first-order chi connectivity index (χ1) is 3.66. The maximum Gasteiger partial charge on any atom is 0.303 e. The van der Waals surface area contributed by atoms with E-state index in [-0.39, 0.29) is 5.97 Å².